The molecule has 0 heterocycles. The van der Waals surface area contributed by atoms with E-state index in [0.29, 0.717) is 11.4 Å². The van der Waals surface area contributed by atoms with Gasteiger partial charge in [-0.3, -0.25) is 14.9 Å². The van der Waals surface area contributed by atoms with Crippen molar-refractivity contribution in [1.82, 2.24) is 0 Å². The molecule has 0 radical (unpaired) electrons. The molecule has 0 aliphatic heterocycles. The highest BCUT2D eigenvalue weighted by Gasteiger charge is 2.09. The highest BCUT2D eigenvalue weighted by molar-refractivity contribution is 7.99. The summed E-state index contributed by atoms with van der Waals surface area (Å²) in [6.45, 7) is 1.44. The van der Waals surface area contributed by atoms with Crippen LogP contribution in [0.5, 0.6) is 0 Å². The summed E-state index contributed by atoms with van der Waals surface area (Å²) in [6.07, 6.45) is 0. The zero-order valence-corrected chi connectivity index (χ0v) is 12.0. The van der Waals surface area contributed by atoms with E-state index < -0.39 is 4.92 Å². The number of nitrogen functional groups attached to an aromatic ring is 1. The Morgan fingerprint density at radius 3 is 2.43 bits per heavy atom. The third-order valence-electron chi connectivity index (χ3n) is 2.61. The third-order valence-corrected chi connectivity index (χ3v) is 3.71. The van der Waals surface area contributed by atoms with Crippen molar-refractivity contribution in [2.24, 2.45) is 0 Å². The van der Waals surface area contributed by atoms with Gasteiger partial charge in [-0.2, -0.15) is 0 Å². The fourth-order valence-corrected chi connectivity index (χ4v) is 2.52. The number of nitrogens with zero attached hydrogens (tertiary/aromatic N) is 1. The van der Waals surface area contributed by atoms with Gasteiger partial charge in [0, 0.05) is 34.5 Å². The number of carbonyl (C=O) groups is 1. The smallest absolute Gasteiger partial charge is 0.271 e. The fourth-order valence-electron chi connectivity index (χ4n) is 1.68. The summed E-state index contributed by atoms with van der Waals surface area (Å²) in [5.41, 5.74) is 6.86. The van der Waals surface area contributed by atoms with Crippen LogP contribution in [0.1, 0.15) is 6.92 Å². The molecule has 6 nitrogen and oxygen atoms in total. The first-order valence-corrected chi connectivity index (χ1v) is 6.87. The van der Waals surface area contributed by atoms with Crippen LogP contribution in [0.3, 0.4) is 0 Å². The van der Waals surface area contributed by atoms with Crippen LogP contribution < -0.4 is 11.1 Å². The summed E-state index contributed by atoms with van der Waals surface area (Å²) in [5.74, 6) is -0.130. The van der Waals surface area contributed by atoms with Gasteiger partial charge in [-0.1, -0.05) is 11.8 Å². The highest BCUT2D eigenvalue weighted by Crippen LogP contribution is 2.34. The van der Waals surface area contributed by atoms with Crippen molar-refractivity contribution in [1.29, 1.82) is 0 Å². The molecule has 2 aromatic carbocycles. The molecule has 21 heavy (non-hydrogen) atoms. The highest BCUT2D eigenvalue weighted by atomic mass is 32.2. The van der Waals surface area contributed by atoms with Crippen LogP contribution >= 0.6 is 11.8 Å². The Hall–Kier alpha value is -2.54. The molecule has 0 aromatic heterocycles. The van der Waals surface area contributed by atoms with Gasteiger partial charge in [-0.25, -0.2) is 0 Å². The zero-order chi connectivity index (χ0) is 15.4. The molecule has 0 atom stereocenters. The Bertz CT molecular complexity index is 686. The van der Waals surface area contributed by atoms with Gasteiger partial charge in [0.1, 0.15) is 0 Å². The standard InChI is InChI=1S/C14H13N3O3S/c1-9(18)16-10-2-5-12(6-3-10)21-14-7-4-11(17(19)20)8-13(14)15/h2-8H,15H2,1H3,(H,16,18). The van der Waals surface area contributed by atoms with Crippen LogP contribution in [0.2, 0.25) is 0 Å². The number of hydrogen-bond acceptors (Lipinski definition) is 5. The van der Waals surface area contributed by atoms with E-state index in [-0.39, 0.29) is 11.6 Å². The predicted molar refractivity (Wildman–Crippen MR) is 82.4 cm³/mol. The number of carbonyl (C=O) groups excluding carboxylic acids is 1. The first-order chi connectivity index (χ1) is 9.95. The van der Waals surface area contributed by atoms with Crippen molar-refractivity contribution in [2.75, 3.05) is 11.1 Å². The van der Waals surface area contributed by atoms with E-state index in [1.807, 2.05) is 12.1 Å². The minimum atomic E-state index is -0.479. The molecule has 0 saturated carbocycles. The molecule has 2 rings (SSSR count). The van der Waals surface area contributed by atoms with Gasteiger partial charge in [0.15, 0.2) is 0 Å². The van der Waals surface area contributed by atoms with Crippen LogP contribution in [0.25, 0.3) is 0 Å². The fraction of sp³-hybridized carbons (Fsp3) is 0.0714. The molecule has 0 spiro atoms. The lowest BCUT2D eigenvalue weighted by Crippen LogP contribution is -2.05. The van der Waals surface area contributed by atoms with E-state index in [1.165, 1.54) is 30.8 Å². The van der Waals surface area contributed by atoms with Crippen LogP contribution in [0.4, 0.5) is 17.1 Å². The molecule has 0 saturated heterocycles. The number of non-ortho nitro benzene ring substituents is 1. The van der Waals surface area contributed by atoms with Crippen molar-refractivity contribution in [3.05, 3.63) is 52.6 Å². The monoisotopic (exact) mass is 303 g/mol. The van der Waals surface area contributed by atoms with Crippen LogP contribution in [0, 0.1) is 10.1 Å². The average Bonchev–Trinajstić information content (AvgIpc) is 2.42. The number of hydrogen-bond donors (Lipinski definition) is 2. The van der Waals surface area contributed by atoms with E-state index in [1.54, 1.807) is 18.2 Å². The van der Waals surface area contributed by atoms with Gasteiger partial charge < -0.3 is 11.1 Å². The van der Waals surface area contributed by atoms with Crippen molar-refractivity contribution in [3.63, 3.8) is 0 Å². The number of rotatable bonds is 4. The van der Waals surface area contributed by atoms with E-state index in [4.69, 9.17) is 5.73 Å². The van der Waals surface area contributed by atoms with Gasteiger partial charge in [0.25, 0.3) is 5.69 Å². The van der Waals surface area contributed by atoms with Crippen LogP contribution in [-0.2, 0) is 4.79 Å². The van der Waals surface area contributed by atoms with E-state index >= 15 is 0 Å². The van der Waals surface area contributed by atoms with Gasteiger partial charge in [-0.05, 0) is 30.3 Å². The van der Waals surface area contributed by atoms with Crippen molar-refractivity contribution in [2.45, 2.75) is 16.7 Å². The Labute approximate surface area is 125 Å². The topological polar surface area (TPSA) is 98.3 Å². The molecular formula is C14H13N3O3S. The molecular weight excluding hydrogens is 290 g/mol. The van der Waals surface area contributed by atoms with E-state index in [2.05, 4.69) is 5.32 Å². The molecule has 2 aromatic rings. The lowest BCUT2D eigenvalue weighted by molar-refractivity contribution is -0.384. The van der Waals surface area contributed by atoms with E-state index in [9.17, 15) is 14.9 Å². The van der Waals surface area contributed by atoms with Gasteiger partial charge in [-0.15, -0.1) is 0 Å². The summed E-state index contributed by atoms with van der Waals surface area (Å²) in [4.78, 5) is 22.8. The molecule has 1 amide bonds. The SMILES string of the molecule is CC(=O)Nc1ccc(Sc2ccc([N+](=O)[O-])cc2N)cc1. The minimum absolute atomic E-state index is 0.0298. The Balaban J connectivity index is 2.14. The third kappa shape index (κ3) is 3.96. The van der Waals surface area contributed by atoms with Crippen LogP contribution in [0.15, 0.2) is 52.3 Å². The first-order valence-electron chi connectivity index (χ1n) is 6.05. The zero-order valence-electron chi connectivity index (χ0n) is 11.2. The second-order valence-electron chi connectivity index (χ2n) is 4.29. The normalized spacial score (nSPS) is 10.1. The summed E-state index contributed by atoms with van der Waals surface area (Å²) in [7, 11) is 0. The Morgan fingerprint density at radius 1 is 1.24 bits per heavy atom. The lowest BCUT2D eigenvalue weighted by atomic mass is 10.3. The Morgan fingerprint density at radius 2 is 1.90 bits per heavy atom. The molecule has 7 heteroatoms. The predicted octanol–water partition coefficient (Wildman–Crippen LogP) is 3.29. The molecule has 0 unspecified atom stereocenters. The molecule has 3 N–H and O–H groups in total. The summed E-state index contributed by atoms with van der Waals surface area (Å²) in [6, 6.07) is 11.6. The number of benzene rings is 2. The van der Waals surface area contributed by atoms with E-state index in [0.717, 1.165) is 9.79 Å². The summed E-state index contributed by atoms with van der Waals surface area (Å²) in [5, 5.41) is 13.3. The van der Waals surface area contributed by atoms with Gasteiger partial charge >= 0.3 is 0 Å². The first kappa shape index (κ1) is 14.9. The minimum Gasteiger partial charge on any atom is -0.398 e. The van der Waals surface area contributed by atoms with Crippen molar-refractivity contribution >= 4 is 34.7 Å². The van der Waals surface area contributed by atoms with Crippen molar-refractivity contribution in [3.8, 4) is 0 Å². The summed E-state index contributed by atoms with van der Waals surface area (Å²) < 4.78 is 0. The number of nitrogens with one attached hydrogen (secondary N) is 1. The van der Waals surface area contributed by atoms with Gasteiger partial charge in [0.05, 0.1) is 10.6 Å². The molecule has 0 bridgehead atoms. The second-order valence-corrected chi connectivity index (χ2v) is 5.40. The Kier molecular flexibility index (Phi) is 4.44. The van der Waals surface area contributed by atoms with Gasteiger partial charge in [0.2, 0.25) is 5.91 Å². The molecule has 0 fully saturated rings. The lowest BCUT2D eigenvalue weighted by Gasteiger charge is -2.06. The number of nitro benzene ring substituents is 1. The summed E-state index contributed by atoms with van der Waals surface area (Å²) >= 11 is 1.40. The molecule has 0 aliphatic carbocycles. The number of nitro groups is 1. The largest absolute Gasteiger partial charge is 0.398 e. The maximum atomic E-state index is 10.9. The second kappa shape index (κ2) is 6.27. The van der Waals surface area contributed by atoms with Crippen molar-refractivity contribution < 1.29 is 9.72 Å². The average molecular weight is 303 g/mol. The number of amides is 1. The molecule has 108 valence electrons. The quantitative estimate of drug-likeness (QED) is 0.513. The maximum absolute atomic E-state index is 10.9. The number of anilines is 2. The maximum Gasteiger partial charge on any atom is 0.271 e. The van der Waals surface area contributed by atoms with Crippen LogP contribution in [-0.4, -0.2) is 10.8 Å². The molecule has 0 aliphatic rings. The number of nitrogens with two attached hydrogens (primary N) is 1.